The lowest BCUT2D eigenvalue weighted by atomic mass is 9.97. The minimum Gasteiger partial charge on any atom is -0.378 e. The van der Waals surface area contributed by atoms with E-state index in [-0.39, 0.29) is 0 Å². The molecule has 1 aliphatic heterocycles. The van der Waals surface area contributed by atoms with Crippen molar-refractivity contribution in [3.8, 4) is 0 Å². The van der Waals surface area contributed by atoms with Crippen molar-refractivity contribution >= 4 is 0 Å². The first-order valence-corrected chi connectivity index (χ1v) is 4.64. The van der Waals surface area contributed by atoms with Gasteiger partial charge < -0.3 is 10.1 Å². The van der Waals surface area contributed by atoms with Gasteiger partial charge in [-0.05, 0) is 32.2 Å². The standard InChI is InChI=1S/C9H19NO/c1-3-8(7-10-2)9-5-4-6-11-9/h8-10H,3-7H2,1-2H3. The van der Waals surface area contributed by atoms with E-state index in [1.54, 1.807) is 0 Å². The fraction of sp³-hybridized carbons (Fsp3) is 1.00. The third-order valence-corrected chi connectivity index (χ3v) is 2.48. The summed E-state index contributed by atoms with van der Waals surface area (Å²) in [5.41, 5.74) is 0. The highest BCUT2D eigenvalue weighted by atomic mass is 16.5. The van der Waals surface area contributed by atoms with E-state index in [0.29, 0.717) is 6.10 Å². The van der Waals surface area contributed by atoms with Crippen molar-refractivity contribution in [2.45, 2.75) is 32.3 Å². The van der Waals surface area contributed by atoms with Crippen LogP contribution in [0.3, 0.4) is 0 Å². The van der Waals surface area contributed by atoms with Crippen LogP contribution in [-0.4, -0.2) is 26.3 Å². The van der Waals surface area contributed by atoms with Crippen LogP contribution in [0.25, 0.3) is 0 Å². The van der Waals surface area contributed by atoms with Gasteiger partial charge in [0.2, 0.25) is 0 Å². The first kappa shape index (κ1) is 9.01. The summed E-state index contributed by atoms with van der Waals surface area (Å²) in [6.07, 6.45) is 4.28. The highest BCUT2D eigenvalue weighted by Gasteiger charge is 2.23. The molecule has 0 spiro atoms. The maximum absolute atomic E-state index is 5.62. The van der Waals surface area contributed by atoms with Crippen LogP contribution in [0.2, 0.25) is 0 Å². The Morgan fingerprint density at radius 2 is 2.45 bits per heavy atom. The predicted molar refractivity (Wildman–Crippen MR) is 46.7 cm³/mol. The van der Waals surface area contributed by atoms with Gasteiger partial charge >= 0.3 is 0 Å². The largest absolute Gasteiger partial charge is 0.378 e. The molecule has 0 bridgehead atoms. The first-order valence-electron chi connectivity index (χ1n) is 4.64. The molecule has 2 heteroatoms. The third kappa shape index (κ3) is 2.46. The molecule has 1 N–H and O–H groups in total. The minimum atomic E-state index is 0.535. The van der Waals surface area contributed by atoms with Gasteiger partial charge in [-0.1, -0.05) is 6.92 Å². The molecule has 1 fully saturated rings. The van der Waals surface area contributed by atoms with Crippen molar-refractivity contribution in [3.63, 3.8) is 0 Å². The molecular formula is C9H19NO. The van der Waals surface area contributed by atoms with Crippen molar-refractivity contribution < 1.29 is 4.74 Å². The van der Waals surface area contributed by atoms with E-state index in [4.69, 9.17) is 4.74 Å². The van der Waals surface area contributed by atoms with Crippen molar-refractivity contribution in [3.05, 3.63) is 0 Å². The van der Waals surface area contributed by atoms with E-state index in [2.05, 4.69) is 12.2 Å². The average Bonchev–Trinajstić information content (AvgIpc) is 2.52. The Morgan fingerprint density at radius 1 is 1.64 bits per heavy atom. The van der Waals surface area contributed by atoms with Gasteiger partial charge in [0, 0.05) is 13.2 Å². The number of ether oxygens (including phenoxy) is 1. The van der Waals surface area contributed by atoms with E-state index in [9.17, 15) is 0 Å². The Morgan fingerprint density at radius 3 is 2.91 bits per heavy atom. The molecule has 0 aromatic heterocycles. The van der Waals surface area contributed by atoms with Crippen LogP contribution >= 0.6 is 0 Å². The fourth-order valence-electron chi connectivity index (χ4n) is 1.78. The monoisotopic (exact) mass is 157 g/mol. The molecule has 0 saturated carbocycles. The van der Waals surface area contributed by atoms with Gasteiger partial charge in [0.25, 0.3) is 0 Å². The Labute approximate surface area is 69.3 Å². The first-order chi connectivity index (χ1) is 5.38. The fourth-order valence-corrected chi connectivity index (χ4v) is 1.78. The van der Waals surface area contributed by atoms with E-state index in [1.165, 1.54) is 19.3 Å². The maximum atomic E-state index is 5.62. The molecule has 1 rings (SSSR count). The van der Waals surface area contributed by atoms with Gasteiger partial charge in [-0.15, -0.1) is 0 Å². The molecule has 1 saturated heterocycles. The van der Waals surface area contributed by atoms with Crippen LogP contribution in [0, 0.1) is 5.92 Å². The summed E-state index contributed by atoms with van der Waals surface area (Å²) in [5, 5.41) is 3.22. The number of nitrogens with one attached hydrogen (secondary N) is 1. The van der Waals surface area contributed by atoms with E-state index in [0.717, 1.165) is 19.1 Å². The van der Waals surface area contributed by atoms with Crippen LogP contribution in [0.5, 0.6) is 0 Å². The van der Waals surface area contributed by atoms with Crippen LogP contribution in [0.4, 0.5) is 0 Å². The summed E-state index contributed by atoms with van der Waals surface area (Å²) < 4.78 is 5.62. The molecule has 2 nitrogen and oxygen atoms in total. The lowest BCUT2D eigenvalue weighted by molar-refractivity contribution is 0.0619. The summed E-state index contributed by atoms with van der Waals surface area (Å²) in [7, 11) is 2.01. The van der Waals surface area contributed by atoms with E-state index in [1.807, 2.05) is 7.05 Å². The molecule has 1 heterocycles. The average molecular weight is 157 g/mol. The SMILES string of the molecule is CCC(CNC)C1CCCO1. The molecule has 66 valence electrons. The second kappa shape index (κ2) is 4.73. The Kier molecular flexibility index (Phi) is 3.87. The normalized spacial score (nSPS) is 27.3. The van der Waals surface area contributed by atoms with Gasteiger partial charge in [0.1, 0.15) is 0 Å². The zero-order valence-electron chi connectivity index (χ0n) is 7.60. The lowest BCUT2D eigenvalue weighted by Gasteiger charge is -2.20. The van der Waals surface area contributed by atoms with Crippen LogP contribution in [0.1, 0.15) is 26.2 Å². The molecule has 0 radical (unpaired) electrons. The molecular weight excluding hydrogens is 138 g/mol. The Hall–Kier alpha value is -0.0800. The number of hydrogen-bond acceptors (Lipinski definition) is 2. The molecule has 0 aliphatic carbocycles. The molecule has 2 atom stereocenters. The molecule has 11 heavy (non-hydrogen) atoms. The highest BCUT2D eigenvalue weighted by Crippen LogP contribution is 2.21. The molecule has 0 aromatic carbocycles. The maximum Gasteiger partial charge on any atom is 0.0616 e. The zero-order valence-corrected chi connectivity index (χ0v) is 7.60. The molecule has 0 amide bonds. The minimum absolute atomic E-state index is 0.535. The van der Waals surface area contributed by atoms with Gasteiger partial charge in [0.05, 0.1) is 6.10 Å². The summed E-state index contributed by atoms with van der Waals surface area (Å²) in [6.45, 7) is 4.32. The molecule has 0 aromatic rings. The topological polar surface area (TPSA) is 21.3 Å². The van der Waals surface area contributed by atoms with Crippen molar-refractivity contribution in [2.24, 2.45) is 5.92 Å². The van der Waals surface area contributed by atoms with Crippen LogP contribution in [0.15, 0.2) is 0 Å². The van der Waals surface area contributed by atoms with E-state index >= 15 is 0 Å². The second-order valence-corrected chi connectivity index (χ2v) is 3.28. The van der Waals surface area contributed by atoms with Crippen molar-refractivity contribution in [1.29, 1.82) is 0 Å². The van der Waals surface area contributed by atoms with Gasteiger partial charge in [0.15, 0.2) is 0 Å². The number of rotatable bonds is 4. The number of hydrogen-bond donors (Lipinski definition) is 1. The van der Waals surface area contributed by atoms with Gasteiger partial charge in [-0.25, -0.2) is 0 Å². The molecule has 2 unspecified atom stereocenters. The predicted octanol–water partition coefficient (Wildman–Crippen LogP) is 1.41. The smallest absolute Gasteiger partial charge is 0.0616 e. The van der Waals surface area contributed by atoms with Crippen molar-refractivity contribution in [2.75, 3.05) is 20.2 Å². The quantitative estimate of drug-likeness (QED) is 0.666. The lowest BCUT2D eigenvalue weighted by Crippen LogP contribution is -2.28. The Balaban J connectivity index is 2.27. The summed E-state index contributed by atoms with van der Waals surface area (Å²) in [4.78, 5) is 0. The summed E-state index contributed by atoms with van der Waals surface area (Å²) in [6, 6.07) is 0. The summed E-state index contributed by atoms with van der Waals surface area (Å²) >= 11 is 0. The van der Waals surface area contributed by atoms with E-state index < -0.39 is 0 Å². The summed E-state index contributed by atoms with van der Waals surface area (Å²) in [5.74, 6) is 0.725. The van der Waals surface area contributed by atoms with Crippen molar-refractivity contribution in [1.82, 2.24) is 5.32 Å². The van der Waals surface area contributed by atoms with Gasteiger partial charge in [-0.3, -0.25) is 0 Å². The molecule has 1 aliphatic rings. The third-order valence-electron chi connectivity index (χ3n) is 2.48. The second-order valence-electron chi connectivity index (χ2n) is 3.28. The Bertz CT molecular complexity index is 99.7. The van der Waals surface area contributed by atoms with Crippen LogP contribution < -0.4 is 5.32 Å². The highest BCUT2D eigenvalue weighted by molar-refractivity contribution is 4.74. The van der Waals surface area contributed by atoms with Gasteiger partial charge in [-0.2, -0.15) is 0 Å². The van der Waals surface area contributed by atoms with Crippen LogP contribution in [-0.2, 0) is 4.74 Å². The zero-order chi connectivity index (χ0) is 8.10.